The fourth-order valence-corrected chi connectivity index (χ4v) is 1.57. The van der Waals surface area contributed by atoms with Gasteiger partial charge in [0.25, 0.3) is 0 Å². The van der Waals surface area contributed by atoms with E-state index in [1.54, 1.807) is 0 Å². The molecule has 0 bridgehead atoms. The molecule has 0 fully saturated rings. The Bertz CT molecular complexity index is 461. The number of aliphatic hydroxyl groups is 1. The number of rotatable bonds is 8. The molecular weight excluding hydrogens is 284 g/mol. The third-order valence-corrected chi connectivity index (χ3v) is 2.95. The van der Waals surface area contributed by atoms with E-state index in [4.69, 9.17) is 5.11 Å². The van der Waals surface area contributed by atoms with Crippen molar-refractivity contribution in [1.29, 1.82) is 0 Å². The highest BCUT2D eigenvalue weighted by molar-refractivity contribution is 5.61. The van der Waals surface area contributed by atoms with Crippen LogP contribution >= 0.6 is 0 Å². The first-order chi connectivity index (χ1) is 11.0. The molecule has 0 radical (unpaired) electrons. The van der Waals surface area contributed by atoms with E-state index in [2.05, 4.69) is 61.6 Å². The van der Waals surface area contributed by atoms with Gasteiger partial charge in [-0.2, -0.15) is 0 Å². The van der Waals surface area contributed by atoms with Gasteiger partial charge >= 0.3 is 0 Å². The maximum Gasteiger partial charge on any atom is 0.0340 e. The Labute approximate surface area is 142 Å². The zero-order valence-corrected chi connectivity index (χ0v) is 15.5. The van der Waals surface area contributed by atoms with E-state index in [1.807, 2.05) is 20.8 Å². The van der Waals surface area contributed by atoms with E-state index >= 15 is 0 Å². The number of nitrogens with one attached hydrogen (secondary N) is 2. The molecule has 23 heavy (non-hydrogen) atoms. The van der Waals surface area contributed by atoms with Crippen LogP contribution in [0.15, 0.2) is 55.3 Å². The number of aryl methyl sites for hydroxylation is 1. The summed E-state index contributed by atoms with van der Waals surface area (Å²) in [6.07, 6.45) is 1.01. The monoisotopic (exact) mass is 318 g/mol. The molecule has 3 nitrogen and oxygen atoms in total. The number of benzene rings is 1. The Hall–Kier alpha value is -2.00. The van der Waals surface area contributed by atoms with Gasteiger partial charge in [-0.05, 0) is 31.4 Å². The molecule has 0 heterocycles. The molecule has 0 aromatic heterocycles. The molecule has 0 saturated heterocycles. The molecule has 3 N–H and O–H groups in total. The van der Waals surface area contributed by atoms with Gasteiger partial charge in [0, 0.05) is 31.6 Å². The van der Waals surface area contributed by atoms with E-state index < -0.39 is 0 Å². The van der Waals surface area contributed by atoms with Gasteiger partial charge in [-0.3, -0.25) is 0 Å². The zero-order valence-electron chi connectivity index (χ0n) is 15.5. The van der Waals surface area contributed by atoms with Crippen molar-refractivity contribution in [3.8, 4) is 0 Å². The van der Waals surface area contributed by atoms with Crippen LogP contribution in [0.5, 0.6) is 0 Å². The molecule has 0 aliphatic carbocycles. The average molecular weight is 319 g/mol. The lowest BCUT2D eigenvalue weighted by atomic mass is 10.1. The van der Waals surface area contributed by atoms with Gasteiger partial charge in [0.2, 0.25) is 0 Å². The van der Waals surface area contributed by atoms with E-state index in [1.165, 1.54) is 5.56 Å². The predicted octanol–water partition coefficient (Wildman–Crippen LogP) is 4.26. The van der Waals surface area contributed by atoms with Gasteiger partial charge in [0.1, 0.15) is 0 Å². The summed E-state index contributed by atoms with van der Waals surface area (Å²) < 4.78 is 0. The summed E-state index contributed by atoms with van der Waals surface area (Å²) >= 11 is 0. The quantitative estimate of drug-likeness (QED) is 0.496. The topological polar surface area (TPSA) is 44.3 Å². The first kappa shape index (κ1) is 23.3. The third kappa shape index (κ3) is 11.2. The van der Waals surface area contributed by atoms with Crippen LogP contribution in [0.2, 0.25) is 0 Å². The fourth-order valence-electron chi connectivity index (χ4n) is 1.57. The van der Waals surface area contributed by atoms with Crippen molar-refractivity contribution < 1.29 is 5.11 Å². The summed E-state index contributed by atoms with van der Waals surface area (Å²) in [5.74, 6) is 0. The Morgan fingerprint density at radius 1 is 0.957 bits per heavy atom. The highest BCUT2D eigenvalue weighted by Gasteiger charge is 1.98. The molecule has 130 valence electrons. The fraction of sp³-hybridized carbons (Fsp3) is 0.400. The molecule has 0 atom stereocenters. The van der Waals surface area contributed by atoms with E-state index in [0.717, 1.165) is 49.2 Å². The smallest absolute Gasteiger partial charge is 0.0340 e. The first-order valence-electron chi connectivity index (χ1n) is 8.04. The average Bonchev–Trinajstić information content (AvgIpc) is 2.58. The normalized spacial score (nSPS) is 8.61. The predicted molar refractivity (Wildman–Crippen MR) is 104 cm³/mol. The highest BCUT2D eigenvalue weighted by atomic mass is 16.2. The Kier molecular flexibility index (Phi) is 15.1. The van der Waals surface area contributed by atoms with Crippen molar-refractivity contribution in [1.82, 2.24) is 10.6 Å². The largest absolute Gasteiger partial charge is 0.400 e. The minimum absolute atomic E-state index is 0.889. The summed E-state index contributed by atoms with van der Waals surface area (Å²) in [5.41, 5.74) is 5.28. The minimum atomic E-state index is 0.889. The van der Waals surface area contributed by atoms with Gasteiger partial charge in [-0.25, -0.2) is 0 Å². The number of allylic oxidation sites excluding steroid dienone is 1. The van der Waals surface area contributed by atoms with Gasteiger partial charge in [-0.15, -0.1) is 0 Å². The lowest BCUT2D eigenvalue weighted by molar-refractivity contribution is 0.399. The molecule has 0 aliphatic heterocycles. The number of hydrogen-bond donors (Lipinski definition) is 3. The second-order valence-corrected chi connectivity index (χ2v) is 4.81. The van der Waals surface area contributed by atoms with Gasteiger partial charge < -0.3 is 15.7 Å². The Morgan fingerprint density at radius 2 is 1.43 bits per heavy atom. The van der Waals surface area contributed by atoms with E-state index in [0.29, 0.717) is 0 Å². The molecule has 0 aliphatic rings. The first-order valence-corrected chi connectivity index (χ1v) is 8.04. The Morgan fingerprint density at radius 3 is 1.91 bits per heavy atom. The highest BCUT2D eigenvalue weighted by Crippen LogP contribution is 2.10. The Balaban J connectivity index is 0. The van der Waals surface area contributed by atoms with Crippen LogP contribution < -0.4 is 10.6 Å². The summed E-state index contributed by atoms with van der Waals surface area (Å²) in [4.78, 5) is 0. The molecule has 0 amide bonds. The van der Waals surface area contributed by atoms with Gasteiger partial charge in [0.05, 0.1) is 0 Å². The molecule has 1 rings (SSSR count). The molecule has 0 unspecified atom stereocenters. The van der Waals surface area contributed by atoms with Crippen LogP contribution in [0.1, 0.15) is 38.3 Å². The summed E-state index contributed by atoms with van der Waals surface area (Å²) in [6.45, 7) is 21.6. The molecule has 1 aromatic rings. The van der Waals surface area contributed by atoms with Crippen LogP contribution in [0.25, 0.3) is 5.70 Å². The minimum Gasteiger partial charge on any atom is -0.400 e. The molecule has 0 spiro atoms. The summed E-state index contributed by atoms with van der Waals surface area (Å²) in [6, 6.07) is 8.37. The van der Waals surface area contributed by atoms with Crippen molar-refractivity contribution in [2.24, 2.45) is 0 Å². The second-order valence-electron chi connectivity index (χ2n) is 4.81. The summed E-state index contributed by atoms with van der Waals surface area (Å²) in [5, 5.41) is 13.6. The van der Waals surface area contributed by atoms with E-state index in [-0.39, 0.29) is 0 Å². The molecular formula is C20H34N2O. The van der Waals surface area contributed by atoms with Gasteiger partial charge in [-0.1, -0.05) is 63.4 Å². The van der Waals surface area contributed by atoms with Crippen molar-refractivity contribution in [3.63, 3.8) is 0 Å². The standard InChI is InChI=1S/C17H24N2.C2H6.CH4O/c1-13(2)15(4)18-11-6-12-19-16(5)17-9-7-14(3)8-10-17;2*1-2/h7-10,18-19H,1,4-6,11-12H2,2-3H3;1-2H3;2H,1H3. The third-order valence-electron chi connectivity index (χ3n) is 2.95. The van der Waals surface area contributed by atoms with Crippen LogP contribution in [0, 0.1) is 6.92 Å². The van der Waals surface area contributed by atoms with Gasteiger partial charge in [0.15, 0.2) is 0 Å². The van der Waals surface area contributed by atoms with Crippen molar-refractivity contribution >= 4 is 5.70 Å². The SMILES string of the molecule is C=C(C)C(=C)NCCCNC(=C)c1ccc(C)cc1.CC.CO. The van der Waals surface area contributed by atoms with Crippen LogP contribution in [0.4, 0.5) is 0 Å². The number of aliphatic hydroxyl groups excluding tert-OH is 1. The molecule has 1 aromatic carbocycles. The summed E-state index contributed by atoms with van der Waals surface area (Å²) in [7, 11) is 1.00. The van der Waals surface area contributed by atoms with Crippen molar-refractivity contribution in [3.05, 3.63) is 66.4 Å². The van der Waals surface area contributed by atoms with Crippen LogP contribution in [-0.2, 0) is 0 Å². The number of hydrogen-bond acceptors (Lipinski definition) is 3. The second kappa shape index (κ2) is 14.9. The maximum atomic E-state index is 7.00. The van der Waals surface area contributed by atoms with Crippen LogP contribution in [0.3, 0.4) is 0 Å². The van der Waals surface area contributed by atoms with E-state index in [9.17, 15) is 0 Å². The maximum absolute atomic E-state index is 7.00. The molecule has 0 saturated carbocycles. The lowest BCUT2D eigenvalue weighted by Crippen LogP contribution is -2.20. The molecule has 3 heteroatoms. The lowest BCUT2D eigenvalue weighted by Gasteiger charge is -2.12. The van der Waals surface area contributed by atoms with Crippen molar-refractivity contribution in [2.45, 2.75) is 34.1 Å². The zero-order chi connectivity index (χ0) is 18.3. The van der Waals surface area contributed by atoms with Crippen molar-refractivity contribution in [2.75, 3.05) is 20.2 Å². The van der Waals surface area contributed by atoms with Crippen LogP contribution in [-0.4, -0.2) is 25.3 Å².